The quantitative estimate of drug-likeness (QED) is 0.569. The van der Waals surface area contributed by atoms with Crippen molar-refractivity contribution in [3.05, 3.63) is 100 Å². The third kappa shape index (κ3) is 3.50. The highest BCUT2D eigenvalue weighted by atomic mass is 19.2. The summed E-state index contributed by atoms with van der Waals surface area (Å²) in [4.78, 5) is 29.7. The normalized spacial score (nSPS) is 10.9. The molecule has 0 atom stereocenters. The monoisotopic (exact) mass is 391 g/mol. The average molecular weight is 391 g/mol. The minimum Gasteiger partial charge on any atom is -0.322 e. The molecule has 0 radical (unpaired) electrons. The Labute approximate surface area is 164 Å². The number of hydrogen-bond acceptors (Lipinski definition) is 3. The molecule has 4 rings (SSSR count). The smallest absolute Gasteiger partial charge is 0.265 e. The van der Waals surface area contributed by atoms with E-state index in [1.165, 1.54) is 10.6 Å². The van der Waals surface area contributed by atoms with Gasteiger partial charge in [-0.15, -0.1) is 0 Å². The Morgan fingerprint density at radius 2 is 1.69 bits per heavy atom. The van der Waals surface area contributed by atoms with E-state index in [1.54, 1.807) is 49.4 Å². The number of aromatic nitrogens is 2. The maximum Gasteiger partial charge on any atom is 0.265 e. The van der Waals surface area contributed by atoms with Crippen molar-refractivity contribution in [2.75, 3.05) is 5.32 Å². The van der Waals surface area contributed by atoms with Gasteiger partial charge in [-0.2, -0.15) is 0 Å². The molecule has 0 spiro atoms. The Morgan fingerprint density at radius 3 is 2.41 bits per heavy atom. The van der Waals surface area contributed by atoms with Crippen LogP contribution in [0.5, 0.6) is 0 Å². The molecule has 1 aromatic heterocycles. The second-order valence-electron chi connectivity index (χ2n) is 6.45. The van der Waals surface area contributed by atoms with Crippen molar-refractivity contribution in [1.29, 1.82) is 0 Å². The zero-order valence-electron chi connectivity index (χ0n) is 15.3. The van der Waals surface area contributed by atoms with Gasteiger partial charge in [-0.05, 0) is 55.5 Å². The number of anilines is 1. The third-order valence-corrected chi connectivity index (χ3v) is 4.51. The van der Waals surface area contributed by atoms with Gasteiger partial charge >= 0.3 is 0 Å². The van der Waals surface area contributed by atoms with Gasteiger partial charge < -0.3 is 5.32 Å². The summed E-state index contributed by atoms with van der Waals surface area (Å²) in [6.07, 6.45) is 0. The van der Waals surface area contributed by atoms with Gasteiger partial charge in [0.05, 0.1) is 16.6 Å². The van der Waals surface area contributed by atoms with Crippen molar-refractivity contribution in [1.82, 2.24) is 9.55 Å². The number of carbonyl (C=O) groups excluding carboxylic acids is 1. The number of para-hydroxylation sites is 1. The van der Waals surface area contributed by atoms with E-state index in [9.17, 15) is 18.4 Å². The lowest BCUT2D eigenvalue weighted by atomic mass is 10.1. The number of halogens is 2. The summed E-state index contributed by atoms with van der Waals surface area (Å²) in [7, 11) is 0. The first-order chi connectivity index (χ1) is 13.9. The van der Waals surface area contributed by atoms with E-state index in [-0.39, 0.29) is 11.2 Å². The van der Waals surface area contributed by atoms with Crippen LogP contribution in [0, 0.1) is 18.6 Å². The number of amides is 1. The molecule has 144 valence electrons. The lowest BCUT2D eigenvalue weighted by Crippen LogP contribution is -2.22. The van der Waals surface area contributed by atoms with Crippen LogP contribution < -0.4 is 10.9 Å². The molecular formula is C22H15F2N3O2. The fourth-order valence-electron chi connectivity index (χ4n) is 3.09. The van der Waals surface area contributed by atoms with Gasteiger partial charge in [-0.3, -0.25) is 14.2 Å². The molecule has 0 fully saturated rings. The molecule has 0 unspecified atom stereocenters. The fraction of sp³-hybridized carbons (Fsp3) is 0.0455. The highest BCUT2D eigenvalue weighted by Crippen LogP contribution is 2.16. The van der Waals surface area contributed by atoms with E-state index in [1.807, 2.05) is 6.07 Å². The van der Waals surface area contributed by atoms with Gasteiger partial charge in [0.15, 0.2) is 11.6 Å². The van der Waals surface area contributed by atoms with E-state index in [2.05, 4.69) is 10.3 Å². The van der Waals surface area contributed by atoms with Crippen molar-refractivity contribution < 1.29 is 13.6 Å². The van der Waals surface area contributed by atoms with Gasteiger partial charge in [-0.25, -0.2) is 13.8 Å². The van der Waals surface area contributed by atoms with E-state index < -0.39 is 17.5 Å². The summed E-state index contributed by atoms with van der Waals surface area (Å²) >= 11 is 0. The van der Waals surface area contributed by atoms with Gasteiger partial charge in [0.2, 0.25) is 0 Å². The fourth-order valence-corrected chi connectivity index (χ4v) is 3.09. The van der Waals surface area contributed by atoms with Crippen LogP contribution in [0.4, 0.5) is 14.5 Å². The molecule has 1 N–H and O–H groups in total. The van der Waals surface area contributed by atoms with Crippen LogP contribution in [0.3, 0.4) is 0 Å². The number of hydrogen-bond donors (Lipinski definition) is 1. The van der Waals surface area contributed by atoms with Crippen LogP contribution in [0.25, 0.3) is 16.6 Å². The molecule has 1 amide bonds. The van der Waals surface area contributed by atoms with Gasteiger partial charge in [-0.1, -0.05) is 12.1 Å². The summed E-state index contributed by atoms with van der Waals surface area (Å²) in [5, 5.41) is 3.00. The van der Waals surface area contributed by atoms with Crippen molar-refractivity contribution >= 4 is 22.5 Å². The minimum absolute atomic E-state index is 0.142. The first-order valence-electron chi connectivity index (χ1n) is 8.79. The zero-order chi connectivity index (χ0) is 20.5. The van der Waals surface area contributed by atoms with Crippen LogP contribution in [-0.4, -0.2) is 15.5 Å². The summed E-state index contributed by atoms with van der Waals surface area (Å²) in [6, 6.07) is 16.6. The second kappa shape index (κ2) is 7.27. The molecule has 7 heteroatoms. The van der Waals surface area contributed by atoms with Gasteiger partial charge in [0, 0.05) is 17.3 Å². The molecule has 0 saturated carbocycles. The highest BCUT2D eigenvalue weighted by molar-refractivity contribution is 6.04. The number of aryl methyl sites for hydroxylation is 1. The number of benzene rings is 3. The molecule has 0 aliphatic heterocycles. The third-order valence-electron chi connectivity index (χ3n) is 4.51. The standard InChI is InChI=1S/C22H15F2N3O2/c1-13-25-20-5-3-2-4-17(20)22(29)27(13)16-9-6-14(7-10-16)21(28)26-15-8-11-18(23)19(24)12-15/h2-12H,1H3,(H,26,28). The Morgan fingerprint density at radius 1 is 0.966 bits per heavy atom. The SMILES string of the molecule is Cc1nc2ccccc2c(=O)n1-c1ccc(C(=O)Nc2ccc(F)c(F)c2)cc1. The van der Waals surface area contributed by atoms with Crippen molar-refractivity contribution in [2.24, 2.45) is 0 Å². The first-order valence-corrected chi connectivity index (χ1v) is 8.79. The molecule has 4 aromatic rings. The van der Waals surface area contributed by atoms with Crippen LogP contribution in [-0.2, 0) is 0 Å². The van der Waals surface area contributed by atoms with Crippen molar-refractivity contribution in [3.63, 3.8) is 0 Å². The Kier molecular flexibility index (Phi) is 4.64. The summed E-state index contributed by atoms with van der Waals surface area (Å²) in [5.74, 6) is -2.00. The predicted molar refractivity (Wildman–Crippen MR) is 106 cm³/mol. The Bertz CT molecular complexity index is 1300. The van der Waals surface area contributed by atoms with E-state index in [4.69, 9.17) is 0 Å². The van der Waals surface area contributed by atoms with Crippen molar-refractivity contribution in [3.8, 4) is 5.69 Å². The maximum absolute atomic E-state index is 13.3. The highest BCUT2D eigenvalue weighted by Gasteiger charge is 2.12. The Hall–Kier alpha value is -3.87. The van der Waals surface area contributed by atoms with Crippen LogP contribution in [0.1, 0.15) is 16.2 Å². The number of nitrogens with zero attached hydrogens (tertiary/aromatic N) is 2. The predicted octanol–water partition coefficient (Wildman–Crippen LogP) is 4.22. The lowest BCUT2D eigenvalue weighted by molar-refractivity contribution is 0.102. The summed E-state index contributed by atoms with van der Waals surface area (Å²) in [6.45, 7) is 1.73. The van der Waals surface area contributed by atoms with Crippen LogP contribution in [0.15, 0.2) is 71.5 Å². The van der Waals surface area contributed by atoms with Gasteiger partial charge in [0.25, 0.3) is 11.5 Å². The molecule has 0 aliphatic rings. The molecule has 0 bridgehead atoms. The zero-order valence-corrected chi connectivity index (χ0v) is 15.3. The van der Waals surface area contributed by atoms with Gasteiger partial charge in [0.1, 0.15) is 5.82 Å². The van der Waals surface area contributed by atoms with Crippen LogP contribution in [0.2, 0.25) is 0 Å². The summed E-state index contributed by atoms with van der Waals surface area (Å²) < 4.78 is 27.8. The average Bonchev–Trinajstić information content (AvgIpc) is 2.71. The van der Waals surface area contributed by atoms with E-state index in [0.717, 1.165) is 12.1 Å². The second-order valence-corrected chi connectivity index (χ2v) is 6.45. The Balaban J connectivity index is 1.64. The number of fused-ring (bicyclic) bond motifs is 1. The van der Waals surface area contributed by atoms with E-state index in [0.29, 0.717) is 28.0 Å². The topological polar surface area (TPSA) is 64.0 Å². The number of nitrogens with one attached hydrogen (secondary N) is 1. The molecular weight excluding hydrogens is 376 g/mol. The minimum atomic E-state index is -1.04. The molecule has 0 aliphatic carbocycles. The molecule has 29 heavy (non-hydrogen) atoms. The largest absolute Gasteiger partial charge is 0.322 e. The maximum atomic E-state index is 13.3. The molecule has 5 nitrogen and oxygen atoms in total. The number of rotatable bonds is 3. The lowest BCUT2D eigenvalue weighted by Gasteiger charge is -2.11. The summed E-state index contributed by atoms with van der Waals surface area (Å²) in [5.41, 5.74) is 1.43. The molecule has 3 aromatic carbocycles. The molecule has 1 heterocycles. The number of carbonyl (C=O) groups is 1. The first kappa shape index (κ1) is 18.5. The van der Waals surface area contributed by atoms with Crippen LogP contribution >= 0.6 is 0 Å². The van der Waals surface area contributed by atoms with Crippen molar-refractivity contribution in [2.45, 2.75) is 6.92 Å². The molecule has 0 saturated heterocycles. The van der Waals surface area contributed by atoms with E-state index >= 15 is 0 Å².